The minimum atomic E-state index is -0.254. The van der Waals surface area contributed by atoms with E-state index in [0.29, 0.717) is 19.0 Å². The van der Waals surface area contributed by atoms with Gasteiger partial charge in [0.1, 0.15) is 6.04 Å². The molecule has 1 saturated heterocycles. The van der Waals surface area contributed by atoms with E-state index in [0.717, 1.165) is 44.5 Å². The highest BCUT2D eigenvalue weighted by molar-refractivity contribution is 5.88. The second-order valence-corrected chi connectivity index (χ2v) is 7.28. The van der Waals surface area contributed by atoms with Crippen molar-refractivity contribution in [1.82, 2.24) is 19.4 Å². The molecule has 0 radical (unpaired) electrons. The van der Waals surface area contributed by atoms with Crippen LogP contribution in [0.2, 0.25) is 0 Å². The predicted molar refractivity (Wildman–Crippen MR) is 89.3 cm³/mol. The third kappa shape index (κ3) is 2.72. The Balaban J connectivity index is 1.45. The van der Waals surface area contributed by atoms with Crippen molar-refractivity contribution in [3.63, 3.8) is 0 Å². The lowest BCUT2D eigenvalue weighted by molar-refractivity contribution is -0.144. The Hall–Kier alpha value is -1.85. The number of hydrogen-bond acceptors (Lipinski definition) is 3. The zero-order chi connectivity index (χ0) is 16.7. The molecule has 0 N–H and O–H groups in total. The highest BCUT2D eigenvalue weighted by Gasteiger charge is 2.38. The topological polar surface area (TPSA) is 58.4 Å². The quantitative estimate of drug-likeness (QED) is 0.847. The largest absolute Gasteiger partial charge is 0.335 e. The molecule has 2 aliphatic heterocycles. The molecule has 3 heterocycles. The van der Waals surface area contributed by atoms with Crippen molar-refractivity contribution in [2.75, 3.05) is 13.1 Å². The van der Waals surface area contributed by atoms with Crippen molar-refractivity contribution in [2.24, 2.45) is 0 Å². The smallest absolute Gasteiger partial charge is 0.245 e. The molecule has 24 heavy (non-hydrogen) atoms. The van der Waals surface area contributed by atoms with Gasteiger partial charge in [0, 0.05) is 37.7 Å². The molecule has 6 heteroatoms. The molecular formula is C18H26N4O2. The number of fused-ring (bicyclic) bond motifs is 1. The Kier molecular flexibility index (Phi) is 4.06. The van der Waals surface area contributed by atoms with Crippen LogP contribution in [0.1, 0.15) is 62.9 Å². The summed E-state index contributed by atoms with van der Waals surface area (Å²) in [5.74, 6) is 0.243. The highest BCUT2D eigenvalue weighted by atomic mass is 16.2. The lowest BCUT2D eigenvalue weighted by atomic mass is 10.1. The van der Waals surface area contributed by atoms with E-state index in [-0.39, 0.29) is 17.9 Å². The van der Waals surface area contributed by atoms with Crippen molar-refractivity contribution in [3.8, 4) is 0 Å². The van der Waals surface area contributed by atoms with Crippen LogP contribution < -0.4 is 0 Å². The van der Waals surface area contributed by atoms with Crippen LogP contribution in [0.25, 0.3) is 0 Å². The molecule has 1 aromatic heterocycles. The van der Waals surface area contributed by atoms with E-state index in [2.05, 4.69) is 9.55 Å². The monoisotopic (exact) mass is 330 g/mol. The average Bonchev–Trinajstić information content (AvgIpc) is 3.16. The molecule has 1 unspecified atom stereocenters. The van der Waals surface area contributed by atoms with Crippen molar-refractivity contribution >= 4 is 11.8 Å². The van der Waals surface area contributed by atoms with Crippen LogP contribution in [0.15, 0.2) is 6.33 Å². The molecule has 1 aliphatic carbocycles. The maximum Gasteiger partial charge on any atom is 0.245 e. The van der Waals surface area contributed by atoms with Gasteiger partial charge >= 0.3 is 0 Å². The number of rotatable bonds is 4. The molecule has 1 atom stereocenters. The fraction of sp³-hybridized carbons (Fsp3) is 0.722. The standard InChI is InChI=1S/C18H26N4O2/c1-2-4-17(23)21-9-3-5-16(21)18(24)20-10-8-15-14(11-20)19-12-22(15)13-6-7-13/h12-13,16H,2-11H2,1H3. The van der Waals surface area contributed by atoms with Crippen molar-refractivity contribution in [2.45, 2.75) is 70.5 Å². The summed E-state index contributed by atoms with van der Waals surface area (Å²) in [6, 6.07) is 0.386. The SMILES string of the molecule is CCCC(=O)N1CCCC1C(=O)N1CCc2c(ncn2C2CC2)C1. The maximum atomic E-state index is 13.0. The first-order chi connectivity index (χ1) is 11.7. The summed E-state index contributed by atoms with van der Waals surface area (Å²) in [5, 5.41) is 0. The molecule has 4 rings (SSSR count). The van der Waals surface area contributed by atoms with Gasteiger partial charge in [0.05, 0.1) is 18.6 Å². The lowest BCUT2D eigenvalue weighted by Crippen LogP contribution is -2.49. The normalized spacial score (nSPS) is 23.5. The molecule has 1 saturated carbocycles. The van der Waals surface area contributed by atoms with Crippen LogP contribution in [0, 0.1) is 0 Å². The van der Waals surface area contributed by atoms with Crippen molar-refractivity contribution in [1.29, 1.82) is 0 Å². The third-order valence-electron chi connectivity index (χ3n) is 5.52. The molecular weight excluding hydrogens is 304 g/mol. The van der Waals surface area contributed by atoms with E-state index in [1.54, 1.807) is 0 Å². The molecule has 0 aromatic carbocycles. The van der Waals surface area contributed by atoms with E-state index in [4.69, 9.17) is 0 Å². The van der Waals surface area contributed by atoms with Crippen LogP contribution in [0.4, 0.5) is 0 Å². The first-order valence-corrected chi connectivity index (χ1v) is 9.32. The van der Waals surface area contributed by atoms with Gasteiger partial charge in [-0.2, -0.15) is 0 Å². The number of carbonyl (C=O) groups excluding carboxylic acids is 2. The minimum absolute atomic E-state index is 0.114. The van der Waals surface area contributed by atoms with Gasteiger partial charge in [0.25, 0.3) is 0 Å². The zero-order valence-corrected chi connectivity index (χ0v) is 14.4. The molecule has 6 nitrogen and oxygen atoms in total. The number of likely N-dealkylation sites (tertiary alicyclic amines) is 1. The van der Waals surface area contributed by atoms with Crippen molar-refractivity contribution < 1.29 is 9.59 Å². The number of imidazole rings is 1. The minimum Gasteiger partial charge on any atom is -0.335 e. The summed E-state index contributed by atoms with van der Waals surface area (Å²) in [6.07, 6.45) is 8.44. The molecule has 3 aliphatic rings. The van der Waals surface area contributed by atoms with Gasteiger partial charge in [-0.15, -0.1) is 0 Å². The second kappa shape index (κ2) is 6.22. The van der Waals surface area contributed by atoms with Crippen molar-refractivity contribution in [3.05, 3.63) is 17.7 Å². The lowest BCUT2D eigenvalue weighted by Gasteiger charge is -2.32. The molecule has 2 fully saturated rings. The molecule has 130 valence electrons. The second-order valence-electron chi connectivity index (χ2n) is 7.28. The Labute approximate surface area is 142 Å². The van der Waals surface area contributed by atoms with E-state index < -0.39 is 0 Å². The highest BCUT2D eigenvalue weighted by Crippen LogP contribution is 2.37. The summed E-state index contributed by atoms with van der Waals surface area (Å²) in [6.45, 7) is 4.08. The van der Waals surface area contributed by atoms with Crippen LogP contribution >= 0.6 is 0 Å². The summed E-state index contributed by atoms with van der Waals surface area (Å²) in [7, 11) is 0. The van der Waals surface area contributed by atoms with E-state index in [1.165, 1.54) is 18.5 Å². The summed E-state index contributed by atoms with van der Waals surface area (Å²) >= 11 is 0. The molecule has 0 bridgehead atoms. The van der Waals surface area contributed by atoms with Crippen LogP contribution in [0.5, 0.6) is 0 Å². The van der Waals surface area contributed by atoms with Gasteiger partial charge in [-0.05, 0) is 32.1 Å². The Morgan fingerprint density at radius 3 is 2.83 bits per heavy atom. The van der Waals surface area contributed by atoms with Gasteiger partial charge in [-0.25, -0.2) is 4.98 Å². The number of nitrogens with zero attached hydrogens (tertiary/aromatic N) is 4. The fourth-order valence-electron chi connectivity index (χ4n) is 4.08. The number of aromatic nitrogens is 2. The van der Waals surface area contributed by atoms with Gasteiger partial charge in [0.15, 0.2) is 0 Å². The van der Waals surface area contributed by atoms with E-state index in [9.17, 15) is 9.59 Å². The molecule has 0 spiro atoms. The van der Waals surface area contributed by atoms with E-state index in [1.807, 2.05) is 23.1 Å². The maximum absolute atomic E-state index is 13.0. The number of hydrogen-bond donors (Lipinski definition) is 0. The van der Waals surface area contributed by atoms with Gasteiger partial charge in [0.2, 0.25) is 11.8 Å². The average molecular weight is 330 g/mol. The van der Waals surface area contributed by atoms with Gasteiger partial charge in [-0.3, -0.25) is 9.59 Å². The molecule has 2 amide bonds. The van der Waals surface area contributed by atoms with Crippen LogP contribution in [-0.4, -0.2) is 50.3 Å². The van der Waals surface area contributed by atoms with Crippen LogP contribution in [-0.2, 0) is 22.6 Å². The first-order valence-electron chi connectivity index (χ1n) is 9.32. The Bertz CT molecular complexity index is 649. The summed E-state index contributed by atoms with van der Waals surface area (Å²) < 4.78 is 2.31. The Morgan fingerprint density at radius 2 is 2.08 bits per heavy atom. The zero-order valence-electron chi connectivity index (χ0n) is 14.4. The first kappa shape index (κ1) is 15.7. The predicted octanol–water partition coefficient (Wildman–Crippen LogP) is 1.89. The summed E-state index contributed by atoms with van der Waals surface area (Å²) in [5.41, 5.74) is 2.36. The Morgan fingerprint density at radius 1 is 1.25 bits per heavy atom. The molecule has 1 aromatic rings. The number of carbonyl (C=O) groups is 2. The number of amides is 2. The van der Waals surface area contributed by atoms with E-state index >= 15 is 0 Å². The third-order valence-corrected chi connectivity index (χ3v) is 5.52. The summed E-state index contributed by atoms with van der Waals surface area (Å²) in [4.78, 5) is 33.5. The van der Waals surface area contributed by atoms with Crippen LogP contribution in [0.3, 0.4) is 0 Å². The van der Waals surface area contributed by atoms with Gasteiger partial charge < -0.3 is 14.4 Å². The van der Waals surface area contributed by atoms with Gasteiger partial charge in [-0.1, -0.05) is 6.92 Å². The fourth-order valence-corrected chi connectivity index (χ4v) is 4.08.